The highest BCUT2D eigenvalue weighted by molar-refractivity contribution is 5.22. The van der Waals surface area contributed by atoms with E-state index < -0.39 is 0 Å². The molecule has 1 atom stereocenters. The quantitative estimate of drug-likeness (QED) is 0.720. The van der Waals surface area contributed by atoms with Gasteiger partial charge in [0.2, 0.25) is 0 Å². The molecule has 0 radical (unpaired) electrons. The van der Waals surface area contributed by atoms with Crippen LogP contribution in [0.3, 0.4) is 0 Å². The molecule has 0 saturated carbocycles. The summed E-state index contributed by atoms with van der Waals surface area (Å²) in [6.45, 7) is 6.75. The van der Waals surface area contributed by atoms with Gasteiger partial charge >= 0.3 is 0 Å². The number of rotatable bonds is 7. The molecule has 2 nitrogen and oxygen atoms in total. The number of nitrogens with one attached hydrogen (secondary N) is 1. The minimum atomic E-state index is -0.259. The van der Waals surface area contributed by atoms with Crippen molar-refractivity contribution in [2.75, 3.05) is 19.7 Å². The topological polar surface area (TPSA) is 21.3 Å². The molecule has 0 aliphatic heterocycles. The third-order valence-electron chi connectivity index (χ3n) is 2.53. The van der Waals surface area contributed by atoms with Crippen LogP contribution in [0.15, 0.2) is 24.3 Å². The molecule has 1 aromatic rings. The first kappa shape index (κ1) is 13.0. The summed E-state index contributed by atoms with van der Waals surface area (Å²) < 4.78 is 18.2. The normalized spacial score (nSPS) is 12.4. The van der Waals surface area contributed by atoms with Crippen LogP contribution in [-0.2, 0) is 0 Å². The molecular weight excluding hydrogens is 205 g/mol. The van der Waals surface area contributed by atoms with Crippen molar-refractivity contribution in [3.05, 3.63) is 30.1 Å². The van der Waals surface area contributed by atoms with Crippen LogP contribution < -0.4 is 10.1 Å². The fourth-order valence-electron chi connectivity index (χ4n) is 1.29. The Bertz CT molecular complexity index is 304. The van der Waals surface area contributed by atoms with E-state index in [9.17, 15) is 4.39 Å². The second kappa shape index (κ2) is 7.23. The van der Waals surface area contributed by atoms with Crippen molar-refractivity contribution in [2.45, 2.75) is 20.3 Å². The average molecular weight is 225 g/mol. The Balaban J connectivity index is 2.12. The van der Waals surface area contributed by atoms with E-state index >= 15 is 0 Å². The fourth-order valence-corrected chi connectivity index (χ4v) is 1.29. The number of hydrogen-bond donors (Lipinski definition) is 1. The highest BCUT2D eigenvalue weighted by Crippen LogP contribution is 2.11. The lowest BCUT2D eigenvalue weighted by Gasteiger charge is -2.10. The molecule has 0 aliphatic carbocycles. The average Bonchev–Trinajstić information content (AvgIpc) is 2.28. The highest BCUT2D eigenvalue weighted by atomic mass is 19.1. The number of halogens is 1. The van der Waals surface area contributed by atoms with Gasteiger partial charge < -0.3 is 10.1 Å². The monoisotopic (exact) mass is 225 g/mol. The van der Waals surface area contributed by atoms with Gasteiger partial charge in [-0.2, -0.15) is 0 Å². The van der Waals surface area contributed by atoms with Crippen LogP contribution in [0.2, 0.25) is 0 Å². The van der Waals surface area contributed by atoms with E-state index in [1.54, 1.807) is 12.1 Å². The Labute approximate surface area is 96.8 Å². The second-order valence-corrected chi connectivity index (χ2v) is 4.02. The number of ether oxygens (including phenoxy) is 1. The molecule has 1 rings (SSSR count). The number of hydrogen-bond acceptors (Lipinski definition) is 2. The second-order valence-electron chi connectivity index (χ2n) is 4.02. The molecule has 16 heavy (non-hydrogen) atoms. The third-order valence-corrected chi connectivity index (χ3v) is 2.53. The smallest absolute Gasteiger partial charge is 0.126 e. The van der Waals surface area contributed by atoms with Gasteiger partial charge in [0, 0.05) is 12.6 Å². The Morgan fingerprint density at radius 1 is 1.44 bits per heavy atom. The van der Waals surface area contributed by atoms with Crippen LogP contribution >= 0.6 is 0 Å². The zero-order valence-electron chi connectivity index (χ0n) is 10.0. The van der Waals surface area contributed by atoms with E-state index in [1.165, 1.54) is 18.6 Å². The van der Waals surface area contributed by atoms with Gasteiger partial charge in [0.05, 0.1) is 0 Å². The highest BCUT2D eigenvalue weighted by Gasteiger charge is 1.98. The van der Waals surface area contributed by atoms with Crippen molar-refractivity contribution in [3.63, 3.8) is 0 Å². The first-order chi connectivity index (χ1) is 7.72. The summed E-state index contributed by atoms with van der Waals surface area (Å²) in [7, 11) is 0. The van der Waals surface area contributed by atoms with Gasteiger partial charge in [0.15, 0.2) is 0 Å². The molecule has 0 fully saturated rings. The van der Waals surface area contributed by atoms with Crippen LogP contribution in [0.25, 0.3) is 0 Å². The predicted molar refractivity (Wildman–Crippen MR) is 64.2 cm³/mol. The van der Waals surface area contributed by atoms with Crippen molar-refractivity contribution < 1.29 is 9.13 Å². The van der Waals surface area contributed by atoms with Crippen molar-refractivity contribution in [2.24, 2.45) is 5.92 Å². The molecule has 3 heteroatoms. The molecule has 90 valence electrons. The maximum Gasteiger partial charge on any atom is 0.126 e. The third kappa shape index (κ3) is 5.12. The van der Waals surface area contributed by atoms with Crippen molar-refractivity contribution in [1.29, 1.82) is 0 Å². The lowest BCUT2D eigenvalue weighted by molar-refractivity contribution is 0.308. The summed E-state index contributed by atoms with van der Waals surface area (Å²) >= 11 is 0. The van der Waals surface area contributed by atoms with E-state index in [-0.39, 0.29) is 5.82 Å². The molecule has 1 unspecified atom stereocenters. The van der Waals surface area contributed by atoms with Gasteiger partial charge in [-0.05, 0) is 24.6 Å². The molecule has 0 amide bonds. The predicted octanol–water partition coefficient (Wildman–Crippen LogP) is 2.84. The van der Waals surface area contributed by atoms with Crippen LogP contribution in [0, 0.1) is 11.7 Å². The Morgan fingerprint density at radius 2 is 2.25 bits per heavy atom. The lowest BCUT2D eigenvalue weighted by Crippen LogP contribution is -2.25. The summed E-state index contributed by atoms with van der Waals surface area (Å²) in [5.41, 5.74) is 0. The standard InChI is InChI=1S/C13H20FNO/c1-3-11(2)10-15-7-8-16-13-6-4-5-12(14)9-13/h4-6,9,11,15H,3,7-8,10H2,1-2H3. The first-order valence-electron chi connectivity index (χ1n) is 5.81. The Hall–Kier alpha value is -1.09. The Morgan fingerprint density at radius 3 is 2.94 bits per heavy atom. The molecule has 0 saturated heterocycles. The van der Waals surface area contributed by atoms with E-state index in [4.69, 9.17) is 4.74 Å². The molecule has 1 N–H and O–H groups in total. The minimum absolute atomic E-state index is 0.259. The van der Waals surface area contributed by atoms with Gasteiger partial charge in [-0.1, -0.05) is 26.3 Å². The molecule has 1 aromatic carbocycles. The molecule has 0 bridgehead atoms. The first-order valence-corrected chi connectivity index (χ1v) is 5.81. The van der Waals surface area contributed by atoms with Gasteiger partial charge in [-0.25, -0.2) is 4.39 Å². The maximum absolute atomic E-state index is 12.8. The van der Waals surface area contributed by atoms with Crippen molar-refractivity contribution >= 4 is 0 Å². The van der Waals surface area contributed by atoms with Gasteiger partial charge in [0.25, 0.3) is 0 Å². The lowest BCUT2D eigenvalue weighted by atomic mass is 10.1. The Kier molecular flexibility index (Phi) is 5.86. The van der Waals surface area contributed by atoms with Gasteiger partial charge in [0.1, 0.15) is 18.2 Å². The van der Waals surface area contributed by atoms with E-state index in [0.717, 1.165) is 13.1 Å². The molecule has 0 aromatic heterocycles. The molecule has 0 spiro atoms. The molecule has 0 heterocycles. The van der Waals surface area contributed by atoms with E-state index in [1.807, 2.05) is 0 Å². The summed E-state index contributed by atoms with van der Waals surface area (Å²) in [6, 6.07) is 6.22. The van der Waals surface area contributed by atoms with Crippen LogP contribution in [0.1, 0.15) is 20.3 Å². The van der Waals surface area contributed by atoms with Gasteiger partial charge in [-0.3, -0.25) is 0 Å². The summed E-state index contributed by atoms with van der Waals surface area (Å²) in [5, 5.41) is 3.30. The van der Waals surface area contributed by atoms with Gasteiger partial charge in [-0.15, -0.1) is 0 Å². The number of benzene rings is 1. The maximum atomic E-state index is 12.8. The zero-order chi connectivity index (χ0) is 11.8. The van der Waals surface area contributed by atoms with E-state index in [0.29, 0.717) is 18.3 Å². The molecular formula is C13H20FNO. The van der Waals surface area contributed by atoms with Crippen LogP contribution in [-0.4, -0.2) is 19.7 Å². The SMILES string of the molecule is CCC(C)CNCCOc1cccc(F)c1. The largest absolute Gasteiger partial charge is 0.492 e. The molecule has 0 aliphatic rings. The van der Waals surface area contributed by atoms with Crippen LogP contribution in [0.5, 0.6) is 5.75 Å². The summed E-state index contributed by atoms with van der Waals surface area (Å²) in [4.78, 5) is 0. The summed E-state index contributed by atoms with van der Waals surface area (Å²) in [6.07, 6.45) is 1.18. The van der Waals surface area contributed by atoms with Crippen LogP contribution in [0.4, 0.5) is 4.39 Å². The summed E-state index contributed by atoms with van der Waals surface area (Å²) in [5.74, 6) is 1.02. The minimum Gasteiger partial charge on any atom is -0.492 e. The van der Waals surface area contributed by atoms with Crippen molar-refractivity contribution in [1.82, 2.24) is 5.32 Å². The van der Waals surface area contributed by atoms with E-state index in [2.05, 4.69) is 19.2 Å². The van der Waals surface area contributed by atoms with Crippen molar-refractivity contribution in [3.8, 4) is 5.75 Å². The fraction of sp³-hybridized carbons (Fsp3) is 0.538. The zero-order valence-corrected chi connectivity index (χ0v) is 10.0.